The van der Waals surface area contributed by atoms with Gasteiger partial charge >= 0.3 is 0 Å². The Bertz CT molecular complexity index is 585. The fourth-order valence-corrected chi connectivity index (χ4v) is 5.10. The summed E-state index contributed by atoms with van der Waals surface area (Å²) in [6.45, 7) is 7.96. The normalized spacial score (nSPS) is 42.8. The lowest BCUT2D eigenvalue weighted by Crippen LogP contribution is -2.76. The molecule has 1 aromatic rings. The Balaban J connectivity index is 1.76. The Kier molecular flexibility index (Phi) is 2.94. The number of anilines is 1. The molecule has 4 nitrogen and oxygen atoms in total. The van der Waals surface area contributed by atoms with Crippen LogP contribution in [0.2, 0.25) is 0 Å². The van der Waals surface area contributed by atoms with Crippen LogP contribution in [0.4, 0.5) is 5.69 Å². The van der Waals surface area contributed by atoms with E-state index >= 15 is 0 Å². The zero-order chi connectivity index (χ0) is 15.5. The predicted molar refractivity (Wildman–Crippen MR) is 87.2 cm³/mol. The average molecular weight is 299 g/mol. The lowest BCUT2D eigenvalue weighted by molar-refractivity contribution is -0.204. The third-order valence-electron chi connectivity index (χ3n) is 6.24. The van der Waals surface area contributed by atoms with E-state index in [1.54, 1.807) is 0 Å². The molecule has 4 fully saturated rings. The molecule has 4 aliphatic rings. The van der Waals surface area contributed by atoms with Gasteiger partial charge in [0.15, 0.2) is 0 Å². The summed E-state index contributed by atoms with van der Waals surface area (Å²) >= 11 is 0. The van der Waals surface area contributed by atoms with Gasteiger partial charge in [-0.15, -0.1) is 0 Å². The Morgan fingerprint density at radius 2 is 1.64 bits per heavy atom. The molecule has 0 aromatic heterocycles. The second-order valence-electron chi connectivity index (χ2n) is 7.45. The van der Waals surface area contributed by atoms with E-state index in [4.69, 9.17) is 5.73 Å². The molecular formula is C18H25N3O. The quantitative estimate of drug-likeness (QED) is 0.870. The fourth-order valence-electron chi connectivity index (χ4n) is 5.10. The first-order valence-electron chi connectivity index (χ1n) is 8.42. The third kappa shape index (κ3) is 1.68. The highest BCUT2D eigenvalue weighted by Crippen LogP contribution is 2.54. The van der Waals surface area contributed by atoms with Gasteiger partial charge in [0.2, 0.25) is 0 Å². The molecule has 0 atom stereocenters. The SMILES string of the molecule is CCC12CN3CC(CC)(CN(C1)C3c1cccc(N)c1)C2=O. The van der Waals surface area contributed by atoms with E-state index in [1.165, 1.54) is 5.56 Å². The molecule has 0 amide bonds. The molecule has 0 radical (unpaired) electrons. The van der Waals surface area contributed by atoms with Gasteiger partial charge in [-0.2, -0.15) is 0 Å². The largest absolute Gasteiger partial charge is 0.399 e. The van der Waals surface area contributed by atoms with Gasteiger partial charge < -0.3 is 5.73 Å². The van der Waals surface area contributed by atoms with Crippen molar-refractivity contribution in [2.45, 2.75) is 32.9 Å². The minimum atomic E-state index is -0.149. The van der Waals surface area contributed by atoms with Crippen molar-refractivity contribution < 1.29 is 4.79 Å². The smallest absolute Gasteiger partial charge is 0.150 e. The predicted octanol–water partition coefficient (Wildman–Crippen LogP) is 2.27. The van der Waals surface area contributed by atoms with Crippen LogP contribution in [0.25, 0.3) is 0 Å². The molecule has 4 heterocycles. The molecule has 22 heavy (non-hydrogen) atoms. The topological polar surface area (TPSA) is 49.6 Å². The molecule has 4 heteroatoms. The van der Waals surface area contributed by atoms with Crippen LogP contribution in [0, 0.1) is 10.8 Å². The number of hydrogen-bond acceptors (Lipinski definition) is 4. The van der Waals surface area contributed by atoms with Crippen molar-refractivity contribution in [1.29, 1.82) is 0 Å². The molecule has 4 aliphatic heterocycles. The van der Waals surface area contributed by atoms with Crippen LogP contribution in [-0.2, 0) is 4.79 Å². The Hall–Kier alpha value is -1.39. The Labute approximate surface area is 132 Å². The van der Waals surface area contributed by atoms with E-state index in [2.05, 4.69) is 35.8 Å². The first-order chi connectivity index (χ1) is 10.5. The van der Waals surface area contributed by atoms with E-state index < -0.39 is 0 Å². The number of rotatable bonds is 3. The molecular weight excluding hydrogens is 274 g/mol. The van der Waals surface area contributed by atoms with Crippen molar-refractivity contribution in [3.05, 3.63) is 29.8 Å². The molecule has 4 bridgehead atoms. The number of nitrogens with two attached hydrogens (primary N) is 1. The van der Waals surface area contributed by atoms with Crippen molar-refractivity contribution in [3.63, 3.8) is 0 Å². The number of Topliss-reactive ketones (excluding diaryl/α,β-unsaturated/α-hetero) is 1. The van der Waals surface area contributed by atoms with Crippen LogP contribution in [0.1, 0.15) is 38.4 Å². The number of carbonyl (C=O) groups excluding carboxylic acids is 1. The molecule has 0 aliphatic carbocycles. The zero-order valence-corrected chi connectivity index (χ0v) is 13.5. The lowest BCUT2D eigenvalue weighted by Gasteiger charge is -2.66. The maximum atomic E-state index is 13.1. The van der Waals surface area contributed by atoms with E-state index in [1.807, 2.05) is 12.1 Å². The van der Waals surface area contributed by atoms with Crippen LogP contribution in [0.3, 0.4) is 0 Å². The first-order valence-corrected chi connectivity index (χ1v) is 8.42. The fraction of sp³-hybridized carbons (Fsp3) is 0.611. The minimum Gasteiger partial charge on any atom is -0.399 e. The van der Waals surface area contributed by atoms with Crippen molar-refractivity contribution >= 4 is 11.5 Å². The van der Waals surface area contributed by atoms with Crippen LogP contribution in [-0.4, -0.2) is 41.8 Å². The zero-order valence-electron chi connectivity index (χ0n) is 13.5. The molecule has 4 saturated heterocycles. The van der Waals surface area contributed by atoms with Crippen LogP contribution in [0.5, 0.6) is 0 Å². The number of carbonyl (C=O) groups is 1. The van der Waals surface area contributed by atoms with Gasteiger partial charge in [-0.1, -0.05) is 26.0 Å². The first kappa shape index (κ1) is 14.2. The van der Waals surface area contributed by atoms with Crippen molar-refractivity contribution in [2.75, 3.05) is 31.9 Å². The molecule has 5 rings (SSSR count). The average Bonchev–Trinajstić information content (AvgIpc) is 2.51. The molecule has 2 N–H and O–H groups in total. The number of nitrogen functional groups attached to an aromatic ring is 1. The number of benzene rings is 1. The standard InChI is InChI=1S/C18H25N3O/c1-3-17-9-20-11-18(4-2,16(17)22)12-21(10-17)15(20)13-6-5-7-14(19)8-13/h5-8,15H,3-4,9-12,19H2,1-2H3. The second kappa shape index (κ2) is 4.56. The summed E-state index contributed by atoms with van der Waals surface area (Å²) < 4.78 is 0. The summed E-state index contributed by atoms with van der Waals surface area (Å²) in [6.07, 6.45) is 2.19. The molecule has 118 valence electrons. The van der Waals surface area contributed by atoms with E-state index in [9.17, 15) is 4.79 Å². The molecule has 0 spiro atoms. The summed E-state index contributed by atoms with van der Waals surface area (Å²) in [5.41, 5.74) is 7.77. The van der Waals surface area contributed by atoms with Gasteiger partial charge in [0.05, 0.1) is 17.0 Å². The highest BCUT2D eigenvalue weighted by atomic mass is 16.1. The number of ketones is 1. The van der Waals surface area contributed by atoms with Gasteiger partial charge in [-0.25, -0.2) is 0 Å². The molecule has 1 aromatic carbocycles. The Morgan fingerprint density at radius 1 is 1.09 bits per heavy atom. The lowest BCUT2D eigenvalue weighted by atomic mass is 9.58. The van der Waals surface area contributed by atoms with Gasteiger partial charge in [-0.05, 0) is 30.5 Å². The number of hydrogen-bond donors (Lipinski definition) is 1. The second-order valence-corrected chi connectivity index (χ2v) is 7.45. The maximum absolute atomic E-state index is 13.1. The highest BCUT2D eigenvalue weighted by molar-refractivity contribution is 5.93. The summed E-state index contributed by atoms with van der Waals surface area (Å²) in [6, 6.07) is 8.23. The van der Waals surface area contributed by atoms with E-state index in [0.717, 1.165) is 44.7 Å². The van der Waals surface area contributed by atoms with Gasteiger partial charge in [0, 0.05) is 31.9 Å². The maximum Gasteiger partial charge on any atom is 0.150 e. The molecule has 0 unspecified atom stereocenters. The summed E-state index contributed by atoms with van der Waals surface area (Å²) in [5.74, 6) is 0.531. The van der Waals surface area contributed by atoms with E-state index in [-0.39, 0.29) is 17.0 Å². The van der Waals surface area contributed by atoms with Gasteiger partial charge in [-0.3, -0.25) is 14.6 Å². The van der Waals surface area contributed by atoms with Crippen molar-refractivity contribution in [1.82, 2.24) is 9.80 Å². The summed E-state index contributed by atoms with van der Waals surface area (Å²) in [4.78, 5) is 18.2. The molecule has 0 saturated carbocycles. The van der Waals surface area contributed by atoms with Crippen LogP contribution >= 0.6 is 0 Å². The minimum absolute atomic E-state index is 0.149. The number of nitrogens with zero attached hydrogens (tertiary/aromatic N) is 2. The summed E-state index contributed by atoms with van der Waals surface area (Å²) in [5, 5.41) is 0. The monoisotopic (exact) mass is 299 g/mol. The van der Waals surface area contributed by atoms with E-state index in [0.29, 0.717) is 5.78 Å². The van der Waals surface area contributed by atoms with Crippen LogP contribution < -0.4 is 5.73 Å². The van der Waals surface area contributed by atoms with Gasteiger partial charge in [0.25, 0.3) is 0 Å². The number of piperidine rings is 2. The summed E-state index contributed by atoms with van der Waals surface area (Å²) in [7, 11) is 0. The Morgan fingerprint density at radius 3 is 2.09 bits per heavy atom. The highest BCUT2D eigenvalue weighted by Gasteiger charge is 2.64. The van der Waals surface area contributed by atoms with Crippen molar-refractivity contribution in [3.8, 4) is 0 Å². The van der Waals surface area contributed by atoms with Crippen molar-refractivity contribution in [2.24, 2.45) is 10.8 Å². The van der Waals surface area contributed by atoms with Crippen LogP contribution in [0.15, 0.2) is 24.3 Å². The third-order valence-corrected chi connectivity index (χ3v) is 6.24. The van der Waals surface area contributed by atoms with Gasteiger partial charge in [0.1, 0.15) is 5.78 Å².